The molecule has 0 fully saturated rings. The summed E-state index contributed by atoms with van der Waals surface area (Å²) in [5, 5.41) is 3.48. The van der Waals surface area contributed by atoms with E-state index in [2.05, 4.69) is 35.4 Å². The topological polar surface area (TPSA) is 51.2 Å². The number of aryl methyl sites for hydroxylation is 1. The van der Waals surface area contributed by atoms with E-state index in [1.807, 2.05) is 49.6 Å². The minimum atomic E-state index is -0.339. The molecule has 0 bridgehead atoms. The molecule has 0 aliphatic carbocycles. The molecule has 0 amide bonds. The van der Waals surface area contributed by atoms with Gasteiger partial charge in [-0.25, -0.2) is 4.79 Å². The normalized spacial score (nSPS) is 11.7. The molecule has 3 rings (SSSR count). The Labute approximate surface area is 153 Å². The molecule has 132 valence electrons. The Morgan fingerprint density at radius 3 is 2.54 bits per heavy atom. The molecule has 0 saturated heterocycles. The molecular formula is C22H22N2O2. The van der Waals surface area contributed by atoms with Gasteiger partial charge in [-0.2, -0.15) is 0 Å². The second-order valence-corrected chi connectivity index (χ2v) is 6.26. The zero-order valence-corrected chi connectivity index (χ0v) is 15.2. The van der Waals surface area contributed by atoms with E-state index in [0.717, 1.165) is 27.9 Å². The summed E-state index contributed by atoms with van der Waals surface area (Å²) < 4.78 is 4.81. The predicted octanol–water partition coefficient (Wildman–Crippen LogP) is 5.02. The molecule has 1 aromatic heterocycles. The lowest BCUT2D eigenvalue weighted by Gasteiger charge is -2.18. The monoisotopic (exact) mass is 346 g/mol. The SMILES string of the molecule is COC(=O)c1ccc(C)c(N[C@@H](C)c2cncc(-c3ccccc3)c2)c1. The van der Waals surface area contributed by atoms with Crippen molar-refractivity contribution in [3.05, 3.63) is 83.7 Å². The van der Waals surface area contributed by atoms with E-state index in [1.54, 1.807) is 6.07 Å². The van der Waals surface area contributed by atoms with Crippen LogP contribution in [0.25, 0.3) is 11.1 Å². The van der Waals surface area contributed by atoms with E-state index < -0.39 is 0 Å². The van der Waals surface area contributed by atoms with E-state index in [0.29, 0.717) is 5.56 Å². The molecule has 1 heterocycles. The second-order valence-electron chi connectivity index (χ2n) is 6.26. The van der Waals surface area contributed by atoms with Gasteiger partial charge in [0.15, 0.2) is 0 Å². The van der Waals surface area contributed by atoms with E-state index in [-0.39, 0.29) is 12.0 Å². The van der Waals surface area contributed by atoms with Gasteiger partial charge < -0.3 is 10.1 Å². The first-order valence-corrected chi connectivity index (χ1v) is 8.54. The number of hydrogen-bond acceptors (Lipinski definition) is 4. The summed E-state index contributed by atoms with van der Waals surface area (Å²) in [4.78, 5) is 16.2. The van der Waals surface area contributed by atoms with Crippen LogP contribution in [0.4, 0.5) is 5.69 Å². The number of nitrogens with one attached hydrogen (secondary N) is 1. The van der Waals surface area contributed by atoms with Crippen LogP contribution in [-0.4, -0.2) is 18.1 Å². The minimum Gasteiger partial charge on any atom is -0.465 e. The Balaban J connectivity index is 1.85. The van der Waals surface area contributed by atoms with Crippen molar-refractivity contribution in [2.45, 2.75) is 19.9 Å². The Hall–Kier alpha value is -3.14. The van der Waals surface area contributed by atoms with Crippen LogP contribution < -0.4 is 5.32 Å². The Morgan fingerprint density at radius 2 is 1.81 bits per heavy atom. The first-order chi connectivity index (χ1) is 12.6. The molecule has 2 aromatic carbocycles. The molecule has 4 nitrogen and oxygen atoms in total. The van der Waals surface area contributed by atoms with Crippen LogP contribution in [0.2, 0.25) is 0 Å². The van der Waals surface area contributed by atoms with Crippen LogP contribution >= 0.6 is 0 Å². The average Bonchev–Trinajstić information content (AvgIpc) is 2.69. The maximum Gasteiger partial charge on any atom is 0.337 e. The highest BCUT2D eigenvalue weighted by Crippen LogP contribution is 2.26. The van der Waals surface area contributed by atoms with Gasteiger partial charge in [-0.1, -0.05) is 36.4 Å². The highest BCUT2D eigenvalue weighted by atomic mass is 16.5. The van der Waals surface area contributed by atoms with Gasteiger partial charge in [0.1, 0.15) is 0 Å². The summed E-state index contributed by atoms with van der Waals surface area (Å²) in [6, 6.07) is 17.9. The lowest BCUT2D eigenvalue weighted by atomic mass is 10.0. The maximum absolute atomic E-state index is 11.8. The summed E-state index contributed by atoms with van der Waals surface area (Å²) in [6.45, 7) is 4.09. The lowest BCUT2D eigenvalue weighted by molar-refractivity contribution is 0.0601. The van der Waals surface area contributed by atoms with E-state index in [1.165, 1.54) is 7.11 Å². The van der Waals surface area contributed by atoms with Crippen molar-refractivity contribution in [3.8, 4) is 11.1 Å². The van der Waals surface area contributed by atoms with E-state index in [9.17, 15) is 4.79 Å². The number of hydrogen-bond donors (Lipinski definition) is 1. The standard InChI is InChI=1S/C22H22N2O2/c1-15-9-10-18(22(25)26-3)12-21(15)24-16(2)19-11-20(14-23-13-19)17-7-5-4-6-8-17/h4-14,16,24H,1-3H3/t16-/m0/s1. The number of pyridine rings is 1. The van der Waals surface area contributed by atoms with Gasteiger partial charge in [0.05, 0.1) is 18.7 Å². The van der Waals surface area contributed by atoms with Gasteiger partial charge in [0.25, 0.3) is 0 Å². The summed E-state index contributed by atoms with van der Waals surface area (Å²) in [5.74, 6) is -0.339. The molecule has 0 unspecified atom stereocenters. The minimum absolute atomic E-state index is 0.0396. The Morgan fingerprint density at radius 1 is 1.04 bits per heavy atom. The van der Waals surface area contributed by atoms with Gasteiger partial charge in [0, 0.05) is 23.6 Å². The molecular weight excluding hydrogens is 324 g/mol. The fraction of sp³-hybridized carbons (Fsp3) is 0.182. The number of anilines is 1. The summed E-state index contributed by atoms with van der Waals surface area (Å²) in [6.07, 6.45) is 3.73. The number of methoxy groups -OCH3 is 1. The lowest BCUT2D eigenvalue weighted by Crippen LogP contribution is -2.10. The summed E-state index contributed by atoms with van der Waals surface area (Å²) in [7, 11) is 1.39. The Bertz CT molecular complexity index is 907. The molecule has 0 radical (unpaired) electrons. The highest BCUT2D eigenvalue weighted by Gasteiger charge is 2.12. The largest absolute Gasteiger partial charge is 0.465 e. The van der Waals surface area contributed by atoms with E-state index in [4.69, 9.17) is 4.74 Å². The number of benzene rings is 2. The number of carbonyl (C=O) groups excluding carboxylic acids is 1. The van der Waals surface area contributed by atoms with Crippen LogP contribution in [0, 0.1) is 6.92 Å². The Kier molecular flexibility index (Phi) is 5.32. The van der Waals surface area contributed by atoms with Crippen molar-refractivity contribution in [1.82, 2.24) is 4.98 Å². The summed E-state index contributed by atoms with van der Waals surface area (Å²) in [5.41, 5.74) is 5.80. The van der Waals surface area contributed by atoms with Crippen molar-refractivity contribution in [3.63, 3.8) is 0 Å². The molecule has 0 saturated carbocycles. The first kappa shape index (κ1) is 17.7. The van der Waals surface area contributed by atoms with Crippen LogP contribution in [-0.2, 0) is 4.74 Å². The van der Waals surface area contributed by atoms with Crippen LogP contribution in [0.3, 0.4) is 0 Å². The molecule has 0 aliphatic heterocycles. The van der Waals surface area contributed by atoms with Gasteiger partial charge >= 0.3 is 5.97 Å². The fourth-order valence-electron chi connectivity index (χ4n) is 2.82. The van der Waals surface area contributed by atoms with Gasteiger partial charge in [-0.15, -0.1) is 0 Å². The third-order valence-corrected chi connectivity index (χ3v) is 4.40. The smallest absolute Gasteiger partial charge is 0.337 e. The quantitative estimate of drug-likeness (QED) is 0.659. The molecule has 26 heavy (non-hydrogen) atoms. The van der Waals surface area contributed by atoms with Crippen LogP contribution in [0.5, 0.6) is 0 Å². The number of carbonyl (C=O) groups is 1. The number of nitrogens with zero attached hydrogens (tertiary/aromatic N) is 1. The molecule has 1 atom stereocenters. The third-order valence-electron chi connectivity index (χ3n) is 4.40. The van der Waals surface area contributed by atoms with Crippen molar-refractivity contribution in [2.24, 2.45) is 0 Å². The van der Waals surface area contributed by atoms with Gasteiger partial charge in [0.2, 0.25) is 0 Å². The number of rotatable bonds is 5. The number of esters is 1. The molecule has 0 aliphatic rings. The van der Waals surface area contributed by atoms with Gasteiger partial charge in [-0.05, 0) is 48.7 Å². The van der Waals surface area contributed by atoms with Gasteiger partial charge in [-0.3, -0.25) is 4.98 Å². The van der Waals surface area contributed by atoms with Crippen molar-refractivity contribution in [1.29, 1.82) is 0 Å². The zero-order chi connectivity index (χ0) is 18.5. The molecule has 3 aromatic rings. The second kappa shape index (κ2) is 7.83. The maximum atomic E-state index is 11.8. The number of ether oxygens (including phenoxy) is 1. The van der Waals surface area contributed by atoms with Crippen LogP contribution in [0.1, 0.15) is 34.5 Å². The van der Waals surface area contributed by atoms with E-state index >= 15 is 0 Å². The summed E-state index contributed by atoms with van der Waals surface area (Å²) >= 11 is 0. The fourth-order valence-corrected chi connectivity index (χ4v) is 2.82. The molecule has 0 spiro atoms. The zero-order valence-electron chi connectivity index (χ0n) is 15.2. The average molecular weight is 346 g/mol. The van der Waals surface area contributed by atoms with Crippen molar-refractivity contribution >= 4 is 11.7 Å². The predicted molar refractivity (Wildman–Crippen MR) is 104 cm³/mol. The first-order valence-electron chi connectivity index (χ1n) is 8.54. The van der Waals surface area contributed by atoms with Crippen molar-refractivity contribution in [2.75, 3.05) is 12.4 Å². The van der Waals surface area contributed by atoms with Crippen molar-refractivity contribution < 1.29 is 9.53 Å². The third kappa shape index (κ3) is 3.91. The van der Waals surface area contributed by atoms with Crippen LogP contribution in [0.15, 0.2) is 67.0 Å². The molecule has 4 heteroatoms. The highest BCUT2D eigenvalue weighted by molar-refractivity contribution is 5.90. The number of aromatic nitrogens is 1. The molecule has 1 N–H and O–H groups in total.